The molecule has 0 saturated heterocycles. The van der Waals surface area contributed by atoms with Gasteiger partial charge in [-0.05, 0) is 98.6 Å². The van der Waals surface area contributed by atoms with Crippen LogP contribution in [0.5, 0.6) is 0 Å². The number of benzene rings is 1. The Morgan fingerprint density at radius 1 is 0.977 bits per heavy atom. The van der Waals surface area contributed by atoms with Crippen LogP contribution in [0.1, 0.15) is 106 Å². The summed E-state index contributed by atoms with van der Waals surface area (Å²) in [7, 11) is -3.88. The Labute approximate surface area is 267 Å². The van der Waals surface area contributed by atoms with Crippen molar-refractivity contribution in [3.8, 4) is 11.8 Å². The molecule has 3 nitrogen and oxygen atoms in total. The van der Waals surface area contributed by atoms with Crippen LogP contribution >= 0.6 is 0 Å². The number of rotatable bonds is 10. The van der Waals surface area contributed by atoms with Gasteiger partial charge in [0.15, 0.2) is 16.6 Å². The average Bonchev–Trinajstić information content (AvgIpc) is 2.85. The highest BCUT2D eigenvalue weighted by atomic mass is 28.4. The molecule has 0 aromatic heterocycles. The van der Waals surface area contributed by atoms with E-state index in [4.69, 9.17) is 8.85 Å². The van der Waals surface area contributed by atoms with Crippen LogP contribution in [0.3, 0.4) is 0 Å². The van der Waals surface area contributed by atoms with Crippen molar-refractivity contribution in [3.63, 3.8) is 0 Å². The minimum atomic E-state index is -1.96. The summed E-state index contributed by atoms with van der Waals surface area (Å²) in [5, 5.41) is 10.8. The molecule has 0 unspecified atom stereocenters. The topological polar surface area (TPSA) is 38.7 Å². The fourth-order valence-corrected chi connectivity index (χ4v) is 7.45. The Balaban J connectivity index is 2.09. The lowest BCUT2D eigenvalue weighted by atomic mass is 9.86. The van der Waals surface area contributed by atoms with E-state index in [1.165, 1.54) is 5.57 Å². The smallest absolute Gasteiger partial charge is 0.192 e. The van der Waals surface area contributed by atoms with E-state index in [2.05, 4.69) is 111 Å². The minimum Gasteiger partial charge on any atom is -0.413 e. The largest absolute Gasteiger partial charge is 0.413 e. The van der Waals surface area contributed by atoms with Crippen molar-refractivity contribution in [2.75, 3.05) is 0 Å². The highest BCUT2D eigenvalue weighted by Gasteiger charge is 2.44. The molecule has 1 fully saturated rings. The van der Waals surface area contributed by atoms with Gasteiger partial charge in [-0.2, -0.15) is 0 Å². The van der Waals surface area contributed by atoms with Gasteiger partial charge in [0.1, 0.15) is 0 Å². The molecule has 5 heteroatoms. The molecule has 43 heavy (non-hydrogen) atoms. The molecule has 2 rings (SSSR count). The van der Waals surface area contributed by atoms with Gasteiger partial charge in [0.05, 0.1) is 17.8 Å². The van der Waals surface area contributed by atoms with E-state index in [-0.39, 0.29) is 22.3 Å². The van der Waals surface area contributed by atoms with Crippen LogP contribution in [0.15, 0.2) is 60.2 Å². The third kappa shape index (κ3) is 11.0. The molecule has 0 radical (unpaired) electrons. The number of aliphatic hydroxyl groups is 1. The second-order valence-electron chi connectivity index (χ2n) is 16.2. The second-order valence-corrected chi connectivity index (χ2v) is 25.7. The van der Waals surface area contributed by atoms with Gasteiger partial charge in [0.25, 0.3) is 0 Å². The Kier molecular flexibility index (Phi) is 12.7. The van der Waals surface area contributed by atoms with Crippen LogP contribution in [0.25, 0.3) is 0 Å². The summed E-state index contributed by atoms with van der Waals surface area (Å²) in [6.45, 7) is 33.5. The zero-order valence-corrected chi connectivity index (χ0v) is 31.8. The average molecular weight is 623 g/mol. The third-order valence-electron chi connectivity index (χ3n) is 9.72. The molecule has 0 heterocycles. The van der Waals surface area contributed by atoms with Crippen molar-refractivity contribution in [1.82, 2.24) is 0 Å². The Morgan fingerprint density at radius 3 is 2.14 bits per heavy atom. The van der Waals surface area contributed by atoms with E-state index >= 15 is 0 Å². The predicted octanol–water partition coefficient (Wildman–Crippen LogP) is 10.7. The monoisotopic (exact) mass is 622 g/mol. The number of allylic oxidation sites excluding steroid dienone is 3. The van der Waals surface area contributed by atoms with E-state index in [0.29, 0.717) is 5.92 Å². The fourth-order valence-electron chi connectivity index (χ4n) is 4.78. The van der Waals surface area contributed by atoms with E-state index in [0.717, 1.165) is 48.8 Å². The highest BCUT2D eigenvalue weighted by molar-refractivity contribution is 6.74. The van der Waals surface area contributed by atoms with Gasteiger partial charge in [-0.15, -0.1) is 0 Å². The van der Waals surface area contributed by atoms with Gasteiger partial charge >= 0.3 is 0 Å². The number of hydrogen-bond donors (Lipinski definition) is 1. The second kappa shape index (κ2) is 14.6. The van der Waals surface area contributed by atoms with Gasteiger partial charge in [-0.1, -0.05) is 103 Å². The molecule has 0 bridgehead atoms. The Bertz CT molecular complexity index is 1210. The van der Waals surface area contributed by atoms with Gasteiger partial charge < -0.3 is 14.0 Å². The van der Waals surface area contributed by atoms with Crippen molar-refractivity contribution >= 4 is 16.6 Å². The lowest BCUT2D eigenvalue weighted by Crippen LogP contribution is -2.49. The van der Waals surface area contributed by atoms with Crippen molar-refractivity contribution in [2.45, 2.75) is 148 Å². The zero-order valence-electron chi connectivity index (χ0n) is 29.8. The summed E-state index contributed by atoms with van der Waals surface area (Å²) in [5.41, 5.74) is 3.28. The first kappa shape index (κ1) is 37.5. The quantitative estimate of drug-likeness (QED) is 0.160. The molecular formula is C38H62O3Si2. The summed E-state index contributed by atoms with van der Waals surface area (Å²) in [6, 6.07) is 7.88. The van der Waals surface area contributed by atoms with E-state index in [1.807, 2.05) is 38.1 Å². The van der Waals surface area contributed by atoms with Crippen LogP contribution < -0.4 is 0 Å². The first-order valence-corrected chi connectivity index (χ1v) is 22.1. The molecule has 1 aliphatic carbocycles. The molecule has 0 spiro atoms. The summed E-state index contributed by atoms with van der Waals surface area (Å²) in [4.78, 5) is 0. The maximum atomic E-state index is 10.5. The lowest BCUT2D eigenvalue weighted by Gasteiger charge is -2.45. The third-order valence-corrected chi connectivity index (χ3v) is 18.7. The molecule has 1 aromatic rings. The summed E-state index contributed by atoms with van der Waals surface area (Å²) < 4.78 is 13.9. The van der Waals surface area contributed by atoms with Gasteiger partial charge in [0, 0.05) is 17.9 Å². The van der Waals surface area contributed by atoms with Gasteiger partial charge in [0.2, 0.25) is 0 Å². The standard InChI is InChI=1S/C38H62O3Si2/c1-29(25-26-31-22-19-20-24-34(31)38(9,10)39)21-17-15-16-18-23-32-27-33(40-42(11,12)36(3,4)5)28-35(30(32)2)41-43(13,14)37(6,7)8/h16,18-20,22-24,29,33,35,39H,2,15,17,21,27-28H2,1,3-14H3/t29-,33-,35+/m1/s1. The van der Waals surface area contributed by atoms with Crippen LogP contribution in [0, 0.1) is 17.8 Å². The molecule has 1 N–H and O–H groups in total. The normalized spacial score (nSPS) is 20.8. The fraction of sp³-hybridized carbons (Fsp3) is 0.632. The van der Waals surface area contributed by atoms with Crippen LogP contribution in [-0.4, -0.2) is 33.9 Å². The molecule has 3 atom stereocenters. The van der Waals surface area contributed by atoms with E-state index < -0.39 is 22.2 Å². The lowest BCUT2D eigenvalue weighted by molar-refractivity contribution is 0.0783. The van der Waals surface area contributed by atoms with Crippen LogP contribution in [0.4, 0.5) is 0 Å². The SMILES string of the molecule is C=C1C(=CC=CCCC[C@@H](C)C#Cc2ccccc2C(C)(C)O)C[C@@H](O[Si](C)(C)C(C)(C)C)C[C@@H]1O[Si](C)(C)C(C)(C)C. The molecular weight excluding hydrogens is 561 g/mol. The first-order chi connectivity index (χ1) is 19.5. The van der Waals surface area contributed by atoms with Crippen LogP contribution in [-0.2, 0) is 14.5 Å². The number of hydrogen-bond acceptors (Lipinski definition) is 3. The number of unbranched alkanes of at least 4 members (excludes halogenated alkanes) is 1. The highest BCUT2D eigenvalue weighted by Crippen LogP contribution is 2.44. The summed E-state index contributed by atoms with van der Waals surface area (Å²) >= 11 is 0. The Hall–Kier alpha value is -1.69. The summed E-state index contributed by atoms with van der Waals surface area (Å²) in [5.74, 6) is 7.00. The predicted molar refractivity (Wildman–Crippen MR) is 191 cm³/mol. The maximum absolute atomic E-state index is 10.5. The summed E-state index contributed by atoms with van der Waals surface area (Å²) in [6.07, 6.45) is 11.8. The molecule has 1 aromatic carbocycles. The zero-order chi connectivity index (χ0) is 32.9. The van der Waals surface area contributed by atoms with Crippen LogP contribution in [0.2, 0.25) is 36.3 Å². The van der Waals surface area contributed by atoms with Gasteiger partial charge in [-0.25, -0.2) is 0 Å². The van der Waals surface area contributed by atoms with Crippen molar-refractivity contribution in [1.29, 1.82) is 0 Å². The molecule has 240 valence electrons. The van der Waals surface area contributed by atoms with E-state index in [1.54, 1.807) is 0 Å². The van der Waals surface area contributed by atoms with Gasteiger partial charge in [-0.3, -0.25) is 0 Å². The maximum Gasteiger partial charge on any atom is 0.192 e. The first-order valence-electron chi connectivity index (χ1n) is 16.3. The molecule has 1 aliphatic rings. The van der Waals surface area contributed by atoms with Crippen molar-refractivity contribution < 1.29 is 14.0 Å². The van der Waals surface area contributed by atoms with Crippen molar-refractivity contribution in [3.05, 3.63) is 71.3 Å². The van der Waals surface area contributed by atoms with Crippen molar-refractivity contribution in [2.24, 2.45) is 5.92 Å². The molecule has 1 saturated carbocycles. The minimum absolute atomic E-state index is 0.00465. The molecule has 0 aliphatic heterocycles. The molecule has 0 amide bonds. The Morgan fingerprint density at radius 2 is 1.56 bits per heavy atom. The van der Waals surface area contributed by atoms with E-state index in [9.17, 15) is 5.11 Å².